The van der Waals surface area contributed by atoms with Gasteiger partial charge in [-0.05, 0) is 51.8 Å². The molecule has 2 heterocycles. The zero-order valence-corrected chi connectivity index (χ0v) is 14.9. The molecular formula is C12H14Br2N2O2S. The molecule has 0 aromatic carbocycles. The van der Waals surface area contributed by atoms with Gasteiger partial charge in [0.2, 0.25) is 5.91 Å². The fourth-order valence-electron chi connectivity index (χ4n) is 2.20. The molecule has 104 valence electrons. The third-order valence-corrected chi connectivity index (χ3v) is 5.68. The number of piperazine rings is 1. The molecule has 0 bridgehead atoms. The van der Waals surface area contributed by atoms with Crippen LogP contribution in [-0.4, -0.2) is 47.3 Å². The van der Waals surface area contributed by atoms with Crippen LogP contribution in [0.4, 0.5) is 0 Å². The first kappa shape index (κ1) is 15.0. The highest BCUT2D eigenvalue weighted by atomic mass is 79.9. The van der Waals surface area contributed by atoms with Crippen LogP contribution in [0, 0.1) is 0 Å². The fraction of sp³-hybridized carbons (Fsp3) is 0.500. The zero-order valence-electron chi connectivity index (χ0n) is 10.9. The van der Waals surface area contributed by atoms with Crippen LogP contribution in [0.1, 0.15) is 24.2 Å². The van der Waals surface area contributed by atoms with Gasteiger partial charge in [-0.2, -0.15) is 0 Å². The average Bonchev–Trinajstić information content (AvgIpc) is 2.65. The number of hydrogen-bond acceptors (Lipinski definition) is 3. The van der Waals surface area contributed by atoms with Gasteiger partial charge in [0, 0.05) is 20.1 Å². The van der Waals surface area contributed by atoms with E-state index in [9.17, 15) is 9.59 Å². The minimum Gasteiger partial charge on any atom is -0.342 e. The number of rotatable bonds is 1. The smallest absolute Gasteiger partial charge is 0.256 e. The molecule has 1 aliphatic heterocycles. The predicted octanol–water partition coefficient (Wildman–Crippen LogP) is 2.97. The van der Waals surface area contributed by atoms with Crippen molar-refractivity contribution in [3.8, 4) is 0 Å². The van der Waals surface area contributed by atoms with E-state index in [1.165, 1.54) is 11.3 Å². The van der Waals surface area contributed by atoms with Gasteiger partial charge >= 0.3 is 0 Å². The first-order chi connectivity index (χ1) is 8.75. The zero-order chi connectivity index (χ0) is 14.4. The molecule has 1 aromatic rings. The Morgan fingerprint density at radius 2 is 2.00 bits per heavy atom. The summed E-state index contributed by atoms with van der Waals surface area (Å²) in [5, 5.41) is 0. The second-order valence-corrected chi connectivity index (χ2v) is 8.73. The lowest BCUT2D eigenvalue weighted by Crippen LogP contribution is -2.63. The van der Waals surface area contributed by atoms with Crippen LogP contribution >= 0.6 is 43.2 Å². The minimum absolute atomic E-state index is 0.0301. The highest BCUT2D eigenvalue weighted by molar-refractivity contribution is 9.12. The molecule has 0 unspecified atom stereocenters. The van der Waals surface area contributed by atoms with Crippen LogP contribution in [0.15, 0.2) is 13.6 Å². The Labute approximate surface area is 133 Å². The SMILES string of the molecule is CN1CCN(C(=O)c2cc(Br)sc2Br)C(C)(C)C1=O. The molecule has 19 heavy (non-hydrogen) atoms. The van der Waals surface area contributed by atoms with Crippen molar-refractivity contribution in [2.45, 2.75) is 19.4 Å². The molecule has 1 aliphatic rings. The summed E-state index contributed by atoms with van der Waals surface area (Å²) in [7, 11) is 1.77. The summed E-state index contributed by atoms with van der Waals surface area (Å²) in [6.45, 7) is 4.70. The van der Waals surface area contributed by atoms with E-state index in [4.69, 9.17) is 0 Å². The molecule has 0 saturated carbocycles. The van der Waals surface area contributed by atoms with Gasteiger partial charge < -0.3 is 9.80 Å². The highest BCUT2D eigenvalue weighted by Gasteiger charge is 2.43. The van der Waals surface area contributed by atoms with E-state index in [1.807, 2.05) is 0 Å². The van der Waals surface area contributed by atoms with Gasteiger partial charge in [-0.1, -0.05) is 0 Å². The molecule has 0 spiro atoms. The summed E-state index contributed by atoms with van der Waals surface area (Å²) in [5.74, 6) is -0.141. The van der Waals surface area contributed by atoms with Gasteiger partial charge in [-0.25, -0.2) is 0 Å². The Kier molecular flexibility index (Phi) is 4.09. The van der Waals surface area contributed by atoms with Gasteiger partial charge in [-0.3, -0.25) is 9.59 Å². The summed E-state index contributed by atoms with van der Waals surface area (Å²) in [5.41, 5.74) is -0.208. The third kappa shape index (κ3) is 2.60. The number of amides is 2. The van der Waals surface area contributed by atoms with E-state index in [0.717, 1.165) is 7.57 Å². The lowest BCUT2D eigenvalue weighted by Gasteiger charge is -2.44. The van der Waals surface area contributed by atoms with Gasteiger partial charge in [0.15, 0.2) is 0 Å². The summed E-state index contributed by atoms with van der Waals surface area (Å²) in [4.78, 5) is 28.1. The topological polar surface area (TPSA) is 40.6 Å². The normalized spacial score (nSPS) is 18.9. The first-order valence-corrected chi connectivity index (χ1v) is 8.17. The van der Waals surface area contributed by atoms with Gasteiger partial charge in [0.25, 0.3) is 5.91 Å². The molecule has 0 atom stereocenters. The van der Waals surface area contributed by atoms with E-state index >= 15 is 0 Å². The molecule has 1 aromatic heterocycles. The van der Waals surface area contributed by atoms with Crippen molar-refractivity contribution in [2.75, 3.05) is 20.1 Å². The minimum atomic E-state index is -0.808. The Morgan fingerprint density at radius 1 is 1.37 bits per heavy atom. The van der Waals surface area contributed by atoms with Crippen molar-refractivity contribution in [1.82, 2.24) is 9.80 Å². The van der Waals surface area contributed by atoms with Gasteiger partial charge in [-0.15, -0.1) is 11.3 Å². The average molecular weight is 410 g/mol. The number of likely N-dealkylation sites (N-methyl/N-ethyl adjacent to an activating group) is 1. The molecule has 4 nitrogen and oxygen atoms in total. The summed E-state index contributed by atoms with van der Waals surface area (Å²) in [6, 6.07) is 1.79. The Balaban J connectivity index is 2.34. The third-order valence-electron chi connectivity index (χ3n) is 3.34. The van der Waals surface area contributed by atoms with Crippen LogP contribution in [-0.2, 0) is 4.79 Å². The Morgan fingerprint density at radius 3 is 2.53 bits per heavy atom. The number of hydrogen-bond donors (Lipinski definition) is 0. The van der Waals surface area contributed by atoms with Crippen LogP contribution in [0.5, 0.6) is 0 Å². The Bertz CT molecular complexity index is 542. The van der Waals surface area contributed by atoms with E-state index < -0.39 is 5.54 Å². The second kappa shape index (κ2) is 5.18. The number of carbonyl (C=O) groups excluding carboxylic acids is 2. The summed E-state index contributed by atoms with van der Waals surface area (Å²) < 4.78 is 1.67. The standard InChI is InChI=1S/C12H14Br2N2O2S/c1-12(2)11(18)15(3)4-5-16(12)10(17)7-6-8(13)19-9(7)14/h6H,4-5H2,1-3H3. The highest BCUT2D eigenvalue weighted by Crippen LogP contribution is 2.34. The fourth-order valence-corrected chi connectivity index (χ4v) is 4.98. The summed E-state index contributed by atoms with van der Waals surface area (Å²) in [6.07, 6.45) is 0. The predicted molar refractivity (Wildman–Crippen MR) is 82.5 cm³/mol. The van der Waals surface area contributed by atoms with Crippen molar-refractivity contribution in [3.05, 3.63) is 19.2 Å². The largest absolute Gasteiger partial charge is 0.342 e. The van der Waals surface area contributed by atoms with E-state index in [1.54, 1.807) is 36.8 Å². The van der Waals surface area contributed by atoms with Crippen molar-refractivity contribution < 1.29 is 9.59 Å². The number of nitrogens with zero attached hydrogens (tertiary/aromatic N) is 2. The van der Waals surface area contributed by atoms with Crippen LogP contribution in [0.25, 0.3) is 0 Å². The maximum Gasteiger partial charge on any atom is 0.256 e. The molecule has 2 rings (SSSR count). The molecule has 0 aliphatic carbocycles. The molecule has 1 fully saturated rings. The molecule has 7 heteroatoms. The van der Waals surface area contributed by atoms with Crippen molar-refractivity contribution in [1.29, 1.82) is 0 Å². The van der Waals surface area contributed by atoms with Gasteiger partial charge in [0.1, 0.15) is 5.54 Å². The molecule has 0 N–H and O–H groups in total. The Hall–Kier alpha value is -0.400. The van der Waals surface area contributed by atoms with E-state index in [-0.39, 0.29) is 11.8 Å². The van der Waals surface area contributed by atoms with Crippen molar-refractivity contribution in [3.63, 3.8) is 0 Å². The van der Waals surface area contributed by atoms with E-state index in [2.05, 4.69) is 31.9 Å². The maximum absolute atomic E-state index is 12.6. The molecule has 2 amide bonds. The van der Waals surface area contributed by atoms with Crippen LogP contribution in [0.2, 0.25) is 0 Å². The summed E-state index contributed by atoms with van der Waals surface area (Å²) >= 11 is 8.22. The maximum atomic E-state index is 12.6. The van der Waals surface area contributed by atoms with Crippen molar-refractivity contribution >= 4 is 55.0 Å². The van der Waals surface area contributed by atoms with Crippen LogP contribution in [0.3, 0.4) is 0 Å². The van der Waals surface area contributed by atoms with E-state index in [0.29, 0.717) is 18.7 Å². The lowest BCUT2D eigenvalue weighted by atomic mass is 9.97. The molecular weight excluding hydrogens is 396 g/mol. The number of thiophene rings is 1. The molecule has 1 saturated heterocycles. The van der Waals surface area contributed by atoms with Crippen molar-refractivity contribution in [2.24, 2.45) is 0 Å². The quantitative estimate of drug-likeness (QED) is 0.715. The second-order valence-electron chi connectivity index (χ2n) is 4.98. The first-order valence-electron chi connectivity index (χ1n) is 5.77. The van der Waals surface area contributed by atoms with Gasteiger partial charge in [0.05, 0.1) is 13.1 Å². The monoisotopic (exact) mass is 408 g/mol. The van der Waals surface area contributed by atoms with Crippen LogP contribution < -0.4 is 0 Å². The molecule has 0 radical (unpaired) electrons. The number of carbonyl (C=O) groups is 2. The number of halogens is 2. The lowest BCUT2D eigenvalue weighted by molar-refractivity contribution is -0.144.